The number of carbonyl (C=O) groups is 1. The van der Waals surface area contributed by atoms with Crippen molar-refractivity contribution in [1.29, 1.82) is 0 Å². The third-order valence-electron chi connectivity index (χ3n) is 3.97. The molecule has 2 atom stereocenters. The molecule has 21 heavy (non-hydrogen) atoms. The van der Waals surface area contributed by atoms with E-state index in [0.29, 0.717) is 11.6 Å². The minimum atomic E-state index is -0.362. The molecule has 1 saturated heterocycles. The predicted molar refractivity (Wildman–Crippen MR) is 79.9 cm³/mol. The van der Waals surface area contributed by atoms with E-state index in [2.05, 4.69) is 14.6 Å². The fourth-order valence-corrected chi connectivity index (χ4v) is 2.89. The highest BCUT2D eigenvalue weighted by Crippen LogP contribution is 2.22. The zero-order valence-electron chi connectivity index (χ0n) is 12.8. The fraction of sp³-hybridized carbons (Fsp3) is 0.625. The molecule has 0 spiro atoms. The Morgan fingerprint density at radius 3 is 2.95 bits per heavy atom. The molecule has 2 unspecified atom stereocenters. The van der Waals surface area contributed by atoms with Gasteiger partial charge in [-0.25, -0.2) is 4.79 Å². The van der Waals surface area contributed by atoms with E-state index >= 15 is 0 Å². The molecule has 2 rings (SSSR count). The first kappa shape index (κ1) is 15.9. The third-order valence-corrected chi connectivity index (χ3v) is 3.97. The second-order valence-corrected chi connectivity index (χ2v) is 5.73. The number of esters is 1. The Bertz CT molecular complexity index is 459. The molecule has 1 aliphatic heterocycles. The molecule has 0 aliphatic carbocycles. The van der Waals surface area contributed by atoms with Crippen LogP contribution in [0.1, 0.15) is 48.7 Å². The molecule has 5 nitrogen and oxygen atoms in total. The number of likely N-dealkylation sites (tertiary alicyclic amines) is 1. The van der Waals surface area contributed by atoms with Crippen molar-refractivity contribution in [3.8, 4) is 0 Å². The highest BCUT2D eigenvalue weighted by molar-refractivity contribution is 5.88. The zero-order chi connectivity index (χ0) is 15.2. The Balaban J connectivity index is 2.00. The van der Waals surface area contributed by atoms with Crippen molar-refractivity contribution in [2.45, 2.75) is 51.3 Å². The van der Waals surface area contributed by atoms with Gasteiger partial charge in [0, 0.05) is 18.8 Å². The van der Waals surface area contributed by atoms with Crippen molar-refractivity contribution < 1.29 is 14.6 Å². The molecule has 1 aromatic heterocycles. The van der Waals surface area contributed by atoms with Gasteiger partial charge in [-0.2, -0.15) is 0 Å². The van der Waals surface area contributed by atoms with E-state index in [1.165, 1.54) is 20.0 Å². The van der Waals surface area contributed by atoms with Gasteiger partial charge in [-0.05, 0) is 44.9 Å². The monoisotopic (exact) mass is 292 g/mol. The molecule has 2 heterocycles. The number of hydrogen-bond acceptors (Lipinski definition) is 5. The normalized spacial score (nSPS) is 21.0. The lowest BCUT2D eigenvalue weighted by Crippen LogP contribution is -2.40. The van der Waals surface area contributed by atoms with Gasteiger partial charge >= 0.3 is 5.97 Å². The van der Waals surface area contributed by atoms with Crippen molar-refractivity contribution in [2.24, 2.45) is 0 Å². The molecule has 0 bridgehead atoms. The minimum Gasteiger partial charge on any atom is -0.465 e. The van der Waals surface area contributed by atoms with Gasteiger partial charge in [0.15, 0.2) is 0 Å². The molecular formula is C16H24N2O3. The quantitative estimate of drug-likeness (QED) is 0.841. The first-order valence-corrected chi connectivity index (χ1v) is 7.55. The maximum absolute atomic E-state index is 11.4. The summed E-state index contributed by atoms with van der Waals surface area (Å²) in [6.07, 6.45) is 5.64. The number of piperidine rings is 1. The van der Waals surface area contributed by atoms with E-state index in [1.54, 1.807) is 12.3 Å². The van der Waals surface area contributed by atoms with Gasteiger partial charge in [-0.1, -0.05) is 6.42 Å². The molecule has 0 radical (unpaired) electrons. The SMILES string of the molecule is COC(=O)c1ccc(CN2CCCCC2CC(C)O)nc1. The third kappa shape index (κ3) is 4.51. The number of aromatic nitrogens is 1. The standard InChI is InChI=1S/C16H24N2O3/c1-12(19)9-15-5-3-4-8-18(15)11-14-7-6-13(10-17-14)16(20)21-2/h6-7,10,12,15,19H,3-5,8-9,11H2,1-2H3. The molecule has 1 aliphatic rings. The first-order chi connectivity index (χ1) is 10.1. The summed E-state index contributed by atoms with van der Waals surface area (Å²) in [6.45, 7) is 3.65. The number of rotatable bonds is 5. The van der Waals surface area contributed by atoms with Gasteiger partial charge in [0.1, 0.15) is 0 Å². The Morgan fingerprint density at radius 2 is 2.33 bits per heavy atom. The molecule has 116 valence electrons. The average molecular weight is 292 g/mol. The van der Waals surface area contributed by atoms with E-state index in [1.807, 2.05) is 13.0 Å². The minimum absolute atomic E-state index is 0.273. The number of aliphatic hydroxyl groups is 1. The van der Waals surface area contributed by atoms with E-state index in [4.69, 9.17) is 0 Å². The molecule has 0 amide bonds. The molecule has 1 fully saturated rings. The number of aliphatic hydroxyl groups excluding tert-OH is 1. The fourth-order valence-electron chi connectivity index (χ4n) is 2.89. The Morgan fingerprint density at radius 1 is 1.52 bits per heavy atom. The van der Waals surface area contributed by atoms with Gasteiger partial charge in [-0.15, -0.1) is 0 Å². The lowest BCUT2D eigenvalue weighted by atomic mass is 9.97. The van der Waals surface area contributed by atoms with Crippen LogP contribution in [-0.2, 0) is 11.3 Å². The predicted octanol–water partition coefficient (Wildman–Crippen LogP) is 1.99. The van der Waals surface area contributed by atoms with E-state index in [9.17, 15) is 9.90 Å². The summed E-state index contributed by atoms with van der Waals surface area (Å²) in [5.74, 6) is -0.362. The highest BCUT2D eigenvalue weighted by Gasteiger charge is 2.24. The zero-order valence-corrected chi connectivity index (χ0v) is 12.8. The van der Waals surface area contributed by atoms with Gasteiger partial charge in [0.25, 0.3) is 0 Å². The van der Waals surface area contributed by atoms with Crippen molar-refractivity contribution in [2.75, 3.05) is 13.7 Å². The van der Waals surface area contributed by atoms with Crippen LogP contribution in [0.25, 0.3) is 0 Å². The van der Waals surface area contributed by atoms with Crippen LogP contribution < -0.4 is 0 Å². The van der Waals surface area contributed by atoms with E-state index in [0.717, 1.165) is 31.6 Å². The Labute approximate surface area is 125 Å². The summed E-state index contributed by atoms with van der Waals surface area (Å²) >= 11 is 0. The maximum atomic E-state index is 11.4. The summed E-state index contributed by atoms with van der Waals surface area (Å²) in [5.41, 5.74) is 1.42. The van der Waals surface area contributed by atoms with E-state index in [-0.39, 0.29) is 12.1 Å². The Kier molecular flexibility index (Phi) is 5.70. The van der Waals surface area contributed by atoms with Crippen LogP contribution >= 0.6 is 0 Å². The van der Waals surface area contributed by atoms with Crippen LogP contribution in [0.15, 0.2) is 18.3 Å². The van der Waals surface area contributed by atoms with Crippen LogP contribution in [0.2, 0.25) is 0 Å². The number of ether oxygens (including phenoxy) is 1. The molecular weight excluding hydrogens is 268 g/mol. The van der Waals surface area contributed by atoms with Gasteiger partial charge in [0.2, 0.25) is 0 Å². The van der Waals surface area contributed by atoms with Crippen molar-refractivity contribution >= 4 is 5.97 Å². The van der Waals surface area contributed by atoms with Crippen molar-refractivity contribution in [3.05, 3.63) is 29.6 Å². The van der Waals surface area contributed by atoms with Crippen molar-refractivity contribution in [3.63, 3.8) is 0 Å². The van der Waals surface area contributed by atoms with Crippen LogP contribution in [0.4, 0.5) is 0 Å². The number of pyridine rings is 1. The van der Waals surface area contributed by atoms with E-state index < -0.39 is 0 Å². The van der Waals surface area contributed by atoms with Crippen LogP contribution in [0.3, 0.4) is 0 Å². The smallest absolute Gasteiger partial charge is 0.339 e. The number of methoxy groups -OCH3 is 1. The van der Waals surface area contributed by atoms with Crippen molar-refractivity contribution in [1.82, 2.24) is 9.88 Å². The van der Waals surface area contributed by atoms with Crippen LogP contribution in [0, 0.1) is 0 Å². The molecule has 1 aromatic rings. The number of carbonyl (C=O) groups excluding carboxylic acids is 1. The number of hydrogen-bond donors (Lipinski definition) is 1. The summed E-state index contributed by atoms with van der Waals surface area (Å²) in [5, 5.41) is 9.62. The summed E-state index contributed by atoms with van der Waals surface area (Å²) < 4.78 is 4.67. The summed E-state index contributed by atoms with van der Waals surface area (Å²) in [6, 6.07) is 4.04. The number of nitrogens with zero attached hydrogens (tertiary/aromatic N) is 2. The highest BCUT2D eigenvalue weighted by atomic mass is 16.5. The molecule has 1 N–H and O–H groups in total. The second-order valence-electron chi connectivity index (χ2n) is 5.73. The topological polar surface area (TPSA) is 62.7 Å². The molecule has 5 heteroatoms. The lowest BCUT2D eigenvalue weighted by molar-refractivity contribution is 0.0599. The second kappa shape index (κ2) is 7.52. The summed E-state index contributed by atoms with van der Waals surface area (Å²) in [4.78, 5) is 18.1. The Hall–Kier alpha value is -1.46. The van der Waals surface area contributed by atoms with Crippen LogP contribution in [-0.4, -0.2) is 46.8 Å². The summed E-state index contributed by atoms with van der Waals surface area (Å²) in [7, 11) is 1.37. The first-order valence-electron chi connectivity index (χ1n) is 7.55. The van der Waals surface area contributed by atoms with Gasteiger partial charge < -0.3 is 9.84 Å². The maximum Gasteiger partial charge on any atom is 0.339 e. The lowest BCUT2D eigenvalue weighted by Gasteiger charge is -2.36. The molecule has 0 saturated carbocycles. The largest absolute Gasteiger partial charge is 0.465 e. The van der Waals surface area contributed by atoms with Gasteiger partial charge in [0.05, 0.1) is 24.5 Å². The van der Waals surface area contributed by atoms with Gasteiger partial charge in [-0.3, -0.25) is 9.88 Å². The average Bonchev–Trinajstić information content (AvgIpc) is 2.49. The van der Waals surface area contributed by atoms with Crippen LogP contribution in [0.5, 0.6) is 0 Å². The molecule has 0 aromatic carbocycles.